The highest BCUT2D eigenvalue weighted by atomic mass is 32.2. The molecule has 3 aromatic carbocycles. The third-order valence-corrected chi connectivity index (χ3v) is 8.19. The fourth-order valence-electron chi connectivity index (χ4n) is 4.93. The van der Waals surface area contributed by atoms with Gasteiger partial charge < -0.3 is 5.32 Å². The summed E-state index contributed by atoms with van der Waals surface area (Å²) in [6.07, 6.45) is 6.77. The largest absolute Gasteiger partial charge is 0.345 e. The Balaban J connectivity index is 1.49. The summed E-state index contributed by atoms with van der Waals surface area (Å²) in [5, 5.41) is 3.18. The fraction of sp³-hybridized carbons (Fsp3) is 0.367. The van der Waals surface area contributed by atoms with Crippen molar-refractivity contribution in [1.29, 1.82) is 0 Å². The second kappa shape index (κ2) is 10.9. The maximum Gasteiger partial charge on any atom is 0.251 e. The van der Waals surface area contributed by atoms with E-state index in [9.17, 15) is 13.2 Å². The lowest BCUT2D eigenvalue weighted by molar-refractivity contribution is 0.0935. The van der Waals surface area contributed by atoms with Crippen LogP contribution >= 0.6 is 0 Å². The van der Waals surface area contributed by atoms with Crippen molar-refractivity contribution >= 4 is 21.6 Å². The number of hydrogen-bond donors (Lipinski definition) is 1. The maximum absolute atomic E-state index is 13.1. The van der Waals surface area contributed by atoms with Gasteiger partial charge in [0.05, 0.1) is 24.5 Å². The zero-order valence-electron chi connectivity index (χ0n) is 21.7. The number of benzene rings is 3. The zero-order valence-corrected chi connectivity index (χ0v) is 22.5. The highest BCUT2D eigenvalue weighted by Gasteiger charge is 2.21. The van der Waals surface area contributed by atoms with Crippen LogP contribution in [0.25, 0.3) is 0 Å². The van der Waals surface area contributed by atoms with Crippen LogP contribution in [0.5, 0.6) is 0 Å². The number of amides is 1. The van der Waals surface area contributed by atoms with E-state index in [2.05, 4.69) is 30.4 Å². The predicted octanol–water partition coefficient (Wildman–Crippen LogP) is 6.03. The topological polar surface area (TPSA) is 66.5 Å². The smallest absolute Gasteiger partial charge is 0.251 e. The Labute approximate surface area is 215 Å². The molecule has 0 radical (unpaired) electrons. The van der Waals surface area contributed by atoms with Crippen molar-refractivity contribution in [3.8, 4) is 0 Å². The van der Waals surface area contributed by atoms with Crippen molar-refractivity contribution in [2.24, 2.45) is 0 Å². The maximum atomic E-state index is 13.1. The van der Waals surface area contributed by atoms with Gasteiger partial charge in [-0.3, -0.25) is 9.10 Å². The average Bonchev–Trinajstić information content (AvgIpc) is 2.86. The van der Waals surface area contributed by atoms with Gasteiger partial charge in [-0.2, -0.15) is 0 Å². The molecule has 0 bridgehead atoms. The minimum Gasteiger partial charge on any atom is -0.345 e. The highest BCUT2D eigenvalue weighted by molar-refractivity contribution is 7.92. The van der Waals surface area contributed by atoms with Crippen LogP contribution in [0.2, 0.25) is 0 Å². The van der Waals surface area contributed by atoms with Crippen LogP contribution in [0, 0.1) is 13.8 Å². The van der Waals surface area contributed by atoms with Crippen LogP contribution in [0.4, 0.5) is 5.69 Å². The third-order valence-electron chi connectivity index (χ3n) is 7.06. The third kappa shape index (κ3) is 5.98. The number of carbonyl (C=O) groups excluding carboxylic acids is 1. The number of rotatable bonds is 8. The Hall–Kier alpha value is -3.12. The molecule has 3 aromatic rings. The molecule has 0 saturated heterocycles. The number of carbonyl (C=O) groups is 1. The van der Waals surface area contributed by atoms with Crippen LogP contribution in [0.3, 0.4) is 0 Å². The van der Waals surface area contributed by atoms with Gasteiger partial charge in [0.25, 0.3) is 5.91 Å². The normalized spacial score (nSPS) is 14.1. The lowest BCUT2D eigenvalue weighted by atomic mass is 9.88. The predicted molar refractivity (Wildman–Crippen MR) is 147 cm³/mol. The number of aryl methyl sites for hydroxylation is 4. The van der Waals surface area contributed by atoms with Crippen molar-refractivity contribution in [3.63, 3.8) is 0 Å². The zero-order chi connectivity index (χ0) is 25.9. The van der Waals surface area contributed by atoms with Gasteiger partial charge in [-0.25, -0.2) is 8.42 Å². The molecular weight excluding hydrogens is 468 g/mol. The molecule has 1 aliphatic carbocycles. The van der Waals surface area contributed by atoms with E-state index >= 15 is 0 Å². The van der Waals surface area contributed by atoms with E-state index in [1.54, 1.807) is 12.1 Å². The first kappa shape index (κ1) is 26.0. The lowest BCUT2D eigenvalue weighted by Crippen LogP contribution is -2.30. The van der Waals surface area contributed by atoms with E-state index in [1.165, 1.54) is 34.5 Å². The molecule has 36 heavy (non-hydrogen) atoms. The standard InChI is InChI=1S/C30H36N2O3S/c1-5-28(27-17-16-24-8-6-7-9-26(24)19-27)31-30(33)25-14-12-23(13-15-25)20-32(36(4,34)35)29-18-21(2)10-11-22(29)3/h10-19,28H,5-9,20H2,1-4H3,(H,31,33). The number of sulfonamides is 1. The van der Waals surface area contributed by atoms with Crippen molar-refractivity contribution in [2.45, 2.75) is 65.5 Å². The van der Waals surface area contributed by atoms with Gasteiger partial charge in [0.15, 0.2) is 0 Å². The molecule has 1 amide bonds. The Morgan fingerprint density at radius 1 is 0.944 bits per heavy atom. The van der Waals surface area contributed by atoms with Gasteiger partial charge in [-0.05, 0) is 97.5 Å². The molecule has 5 nitrogen and oxygen atoms in total. The molecule has 0 spiro atoms. The van der Waals surface area contributed by atoms with E-state index in [1.807, 2.05) is 44.2 Å². The minimum atomic E-state index is -3.48. The summed E-state index contributed by atoms with van der Waals surface area (Å²) in [6, 6.07) is 19.6. The number of nitrogens with one attached hydrogen (secondary N) is 1. The number of hydrogen-bond acceptors (Lipinski definition) is 3. The monoisotopic (exact) mass is 504 g/mol. The summed E-state index contributed by atoms with van der Waals surface area (Å²) in [7, 11) is -3.48. The van der Waals surface area contributed by atoms with Crippen LogP contribution < -0.4 is 9.62 Å². The molecule has 6 heteroatoms. The van der Waals surface area contributed by atoms with Gasteiger partial charge in [0.1, 0.15) is 0 Å². The van der Waals surface area contributed by atoms with Crippen molar-refractivity contribution in [2.75, 3.05) is 10.6 Å². The fourth-order valence-corrected chi connectivity index (χ4v) is 5.87. The van der Waals surface area contributed by atoms with E-state index in [-0.39, 0.29) is 18.5 Å². The lowest BCUT2D eigenvalue weighted by Gasteiger charge is -2.25. The highest BCUT2D eigenvalue weighted by Crippen LogP contribution is 2.28. The minimum absolute atomic E-state index is 0.0468. The molecule has 0 aliphatic heterocycles. The first-order valence-electron chi connectivity index (χ1n) is 12.7. The van der Waals surface area contributed by atoms with E-state index in [4.69, 9.17) is 0 Å². The van der Waals surface area contributed by atoms with E-state index < -0.39 is 10.0 Å². The number of anilines is 1. The van der Waals surface area contributed by atoms with Crippen LogP contribution in [0.15, 0.2) is 60.7 Å². The van der Waals surface area contributed by atoms with Crippen LogP contribution in [-0.4, -0.2) is 20.6 Å². The van der Waals surface area contributed by atoms with Crippen molar-refractivity contribution in [3.05, 3.63) is 99.6 Å². The summed E-state index contributed by atoms with van der Waals surface area (Å²) in [4.78, 5) is 13.1. The van der Waals surface area contributed by atoms with Crippen LogP contribution in [-0.2, 0) is 29.4 Å². The van der Waals surface area contributed by atoms with Crippen molar-refractivity contribution in [1.82, 2.24) is 5.32 Å². The summed E-state index contributed by atoms with van der Waals surface area (Å²) < 4.78 is 26.7. The second-order valence-electron chi connectivity index (χ2n) is 9.93. The molecule has 1 aliphatic rings. The number of nitrogens with zero attached hydrogens (tertiary/aromatic N) is 1. The molecule has 0 aromatic heterocycles. The van der Waals surface area contributed by atoms with Gasteiger partial charge in [0, 0.05) is 5.56 Å². The number of fused-ring (bicyclic) bond motifs is 1. The molecule has 1 N–H and O–H groups in total. The van der Waals surface area contributed by atoms with Crippen molar-refractivity contribution < 1.29 is 13.2 Å². The molecule has 1 unspecified atom stereocenters. The van der Waals surface area contributed by atoms with Gasteiger partial charge >= 0.3 is 0 Å². The summed E-state index contributed by atoms with van der Waals surface area (Å²) >= 11 is 0. The Morgan fingerprint density at radius 3 is 2.31 bits per heavy atom. The molecule has 0 fully saturated rings. The Morgan fingerprint density at radius 2 is 1.64 bits per heavy atom. The second-order valence-corrected chi connectivity index (χ2v) is 11.8. The molecule has 190 valence electrons. The molecule has 0 saturated carbocycles. The SMILES string of the molecule is CCC(NC(=O)c1ccc(CN(c2cc(C)ccc2C)S(C)(=O)=O)cc1)c1ccc2c(c1)CCCC2. The quantitative estimate of drug-likeness (QED) is 0.407. The van der Waals surface area contributed by atoms with E-state index in [0.717, 1.165) is 41.5 Å². The molecule has 0 heterocycles. The molecular formula is C30H36N2O3S. The molecule has 1 atom stereocenters. The Kier molecular flexibility index (Phi) is 7.84. The average molecular weight is 505 g/mol. The summed E-state index contributed by atoms with van der Waals surface area (Å²) in [6.45, 7) is 6.15. The van der Waals surface area contributed by atoms with Crippen LogP contribution in [0.1, 0.15) is 76.0 Å². The Bertz CT molecular complexity index is 1350. The van der Waals surface area contributed by atoms with Gasteiger partial charge in [-0.1, -0.05) is 49.4 Å². The first-order valence-corrected chi connectivity index (χ1v) is 14.6. The summed E-state index contributed by atoms with van der Waals surface area (Å²) in [5.41, 5.74) is 7.96. The summed E-state index contributed by atoms with van der Waals surface area (Å²) in [5.74, 6) is -0.124. The first-order chi connectivity index (χ1) is 17.2. The van der Waals surface area contributed by atoms with E-state index in [0.29, 0.717) is 11.3 Å². The van der Waals surface area contributed by atoms with Gasteiger partial charge in [0.2, 0.25) is 10.0 Å². The molecule has 4 rings (SSSR count). The van der Waals surface area contributed by atoms with Gasteiger partial charge in [-0.15, -0.1) is 0 Å².